The van der Waals surface area contributed by atoms with E-state index in [9.17, 15) is 9.18 Å². The van der Waals surface area contributed by atoms with Crippen LogP contribution in [0.25, 0.3) is 10.8 Å². The molecule has 0 aliphatic heterocycles. The quantitative estimate of drug-likeness (QED) is 0.759. The van der Waals surface area contributed by atoms with Gasteiger partial charge in [-0.05, 0) is 30.7 Å². The highest BCUT2D eigenvalue weighted by Crippen LogP contribution is 2.33. The van der Waals surface area contributed by atoms with Gasteiger partial charge in [0.15, 0.2) is 0 Å². The zero-order valence-electron chi connectivity index (χ0n) is 13.3. The van der Waals surface area contributed by atoms with Crippen LogP contribution in [-0.4, -0.2) is 16.1 Å². The van der Waals surface area contributed by atoms with E-state index in [2.05, 4.69) is 15.5 Å². The highest BCUT2D eigenvalue weighted by molar-refractivity contribution is 7.15. The van der Waals surface area contributed by atoms with Gasteiger partial charge in [-0.2, -0.15) is 0 Å². The summed E-state index contributed by atoms with van der Waals surface area (Å²) in [6, 6.07) is 7.72. The van der Waals surface area contributed by atoms with E-state index >= 15 is 0 Å². The van der Waals surface area contributed by atoms with Crippen molar-refractivity contribution in [1.29, 1.82) is 0 Å². The number of carbonyl (C=O) groups excluding carboxylic acids is 1. The second-order valence-electron chi connectivity index (χ2n) is 5.29. The maximum absolute atomic E-state index is 12.9. The summed E-state index contributed by atoms with van der Waals surface area (Å²) in [7, 11) is 0. The second kappa shape index (κ2) is 6.92. The first-order chi connectivity index (χ1) is 11.5. The number of hydrogen-bond acceptors (Lipinski definition) is 5. The Hall–Kier alpha value is -2.54. The molecule has 0 aliphatic carbocycles. The van der Waals surface area contributed by atoms with E-state index in [1.54, 1.807) is 12.1 Å². The monoisotopic (exact) mass is 345 g/mol. The summed E-state index contributed by atoms with van der Waals surface area (Å²) in [5, 5.41) is 10.8. The van der Waals surface area contributed by atoms with Gasteiger partial charge in [0.25, 0.3) is 5.89 Å². The fourth-order valence-electron chi connectivity index (χ4n) is 2.19. The van der Waals surface area contributed by atoms with Crippen molar-refractivity contribution in [2.75, 3.05) is 5.32 Å². The summed E-state index contributed by atoms with van der Waals surface area (Å²) < 4.78 is 18.4. The van der Waals surface area contributed by atoms with Crippen LogP contribution >= 0.6 is 11.3 Å². The van der Waals surface area contributed by atoms with Gasteiger partial charge in [0.1, 0.15) is 5.82 Å². The number of hydrogen-bond donors (Lipinski definition) is 1. The Morgan fingerprint density at radius 2 is 2.04 bits per heavy atom. The molecule has 0 bridgehead atoms. The predicted molar refractivity (Wildman–Crippen MR) is 90.5 cm³/mol. The van der Waals surface area contributed by atoms with Crippen LogP contribution in [-0.2, 0) is 17.6 Å². The minimum absolute atomic E-state index is 0.158. The first-order valence-electron chi connectivity index (χ1n) is 7.52. The molecule has 5 nitrogen and oxygen atoms in total. The molecular formula is C17H16FN3O2S. The molecule has 0 atom stereocenters. The van der Waals surface area contributed by atoms with Crippen LogP contribution in [0.3, 0.4) is 0 Å². The third-order valence-corrected chi connectivity index (χ3v) is 4.49. The average Bonchev–Trinajstić information content (AvgIpc) is 3.17. The number of anilines is 1. The fraction of sp³-hybridized carbons (Fsp3) is 0.235. The van der Waals surface area contributed by atoms with E-state index in [4.69, 9.17) is 4.42 Å². The zero-order chi connectivity index (χ0) is 17.1. The molecule has 1 N–H and O–H groups in total. The van der Waals surface area contributed by atoms with E-state index in [0.717, 1.165) is 21.0 Å². The Morgan fingerprint density at radius 1 is 1.29 bits per heavy atom. The molecule has 1 amide bonds. The zero-order valence-corrected chi connectivity index (χ0v) is 14.1. The van der Waals surface area contributed by atoms with Crippen molar-refractivity contribution in [3.05, 3.63) is 52.5 Å². The molecule has 0 saturated heterocycles. The highest BCUT2D eigenvalue weighted by atomic mass is 32.1. The van der Waals surface area contributed by atoms with Crippen molar-refractivity contribution in [3.8, 4) is 10.8 Å². The standard InChI is InChI=1S/C17H16FN3O2S/c1-3-16-20-21-17(23-16)14-9-13(10(2)24-14)19-15(22)8-11-4-6-12(18)7-5-11/h4-7,9H,3,8H2,1-2H3,(H,19,22). The fourth-order valence-corrected chi connectivity index (χ4v) is 3.09. The SMILES string of the molecule is CCc1nnc(-c2cc(NC(=O)Cc3ccc(F)cc3)c(C)s2)o1. The number of benzene rings is 1. The molecule has 124 valence electrons. The van der Waals surface area contributed by atoms with Gasteiger partial charge in [0.05, 0.1) is 17.0 Å². The van der Waals surface area contributed by atoms with Gasteiger partial charge in [-0.15, -0.1) is 21.5 Å². The lowest BCUT2D eigenvalue weighted by Crippen LogP contribution is -2.14. The number of aromatic nitrogens is 2. The number of amides is 1. The Labute approximate surface area is 142 Å². The Kier molecular flexibility index (Phi) is 4.71. The average molecular weight is 345 g/mol. The molecule has 2 aromatic heterocycles. The molecule has 0 aliphatic rings. The summed E-state index contributed by atoms with van der Waals surface area (Å²) >= 11 is 1.48. The molecule has 0 unspecified atom stereocenters. The molecule has 2 heterocycles. The molecule has 1 aromatic carbocycles. The van der Waals surface area contributed by atoms with Crippen molar-refractivity contribution in [2.45, 2.75) is 26.7 Å². The van der Waals surface area contributed by atoms with Gasteiger partial charge in [-0.1, -0.05) is 19.1 Å². The van der Waals surface area contributed by atoms with Crippen molar-refractivity contribution in [1.82, 2.24) is 10.2 Å². The van der Waals surface area contributed by atoms with Gasteiger partial charge in [0.2, 0.25) is 11.8 Å². The summed E-state index contributed by atoms with van der Waals surface area (Å²) in [6.07, 6.45) is 0.865. The number of thiophene rings is 1. The van der Waals surface area contributed by atoms with Crippen LogP contribution in [0.1, 0.15) is 23.3 Å². The molecule has 7 heteroatoms. The number of halogens is 1. The Morgan fingerprint density at radius 3 is 2.71 bits per heavy atom. The van der Waals surface area contributed by atoms with E-state index in [-0.39, 0.29) is 18.1 Å². The largest absolute Gasteiger partial charge is 0.420 e. The maximum atomic E-state index is 12.9. The third kappa shape index (κ3) is 3.68. The van der Waals surface area contributed by atoms with Gasteiger partial charge in [-0.25, -0.2) is 4.39 Å². The van der Waals surface area contributed by atoms with Crippen LogP contribution < -0.4 is 5.32 Å². The van der Waals surface area contributed by atoms with Crippen LogP contribution in [0.15, 0.2) is 34.7 Å². The summed E-state index contributed by atoms with van der Waals surface area (Å²) in [5.41, 5.74) is 1.48. The summed E-state index contributed by atoms with van der Waals surface area (Å²) in [4.78, 5) is 13.9. The molecule has 24 heavy (non-hydrogen) atoms. The lowest BCUT2D eigenvalue weighted by Gasteiger charge is -2.04. The number of nitrogens with zero attached hydrogens (tertiary/aromatic N) is 2. The van der Waals surface area contributed by atoms with Crippen LogP contribution in [0.5, 0.6) is 0 Å². The van der Waals surface area contributed by atoms with Crippen molar-refractivity contribution < 1.29 is 13.6 Å². The Bertz CT molecular complexity index is 855. The van der Waals surface area contributed by atoms with Gasteiger partial charge in [0, 0.05) is 11.3 Å². The number of nitrogens with one attached hydrogen (secondary N) is 1. The van der Waals surface area contributed by atoms with E-state index in [1.165, 1.54) is 23.5 Å². The first-order valence-corrected chi connectivity index (χ1v) is 8.34. The molecule has 3 rings (SSSR count). The third-order valence-electron chi connectivity index (χ3n) is 3.45. The number of carbonyl (C=O) groups is 1. The molecule has 0 fully saturated rings. The van der Waals surface area contributed by atoms with Crippen molar-refractivity contribution in [2.24, 2.45) is 0 Å². The minimum atomic E-state index is -0.316. The smallest absolute Gasteiger partial charge is 0.257 e. The van der Waals surface area contributed by atoms with Crippen LogP contribution in [0.2, 0.25) is 0 Å². The van der Waals surface area contributed by atoms with E-state index in [0.29, 0.717) is 18.2 Å². The number of aryl methyl sites for hydroxylation is 2. The second-order valence-corrected chi connectivity index (χ2v) is 6.54. The van der Waals surface area contributed by atoms with Gasteiger partial charge < -0.3 is 9.73 Å². The summed E-state index contributed by atoms with van der Waals surface area (Å²) in [5.74, 6) is 0.564. The lowest BCUT2D eigenvalue weighted by molar-refractivity contribution is -0.115. The van der Waals surface area contributed by atoms with Crippen molar-refractivity contribution in [3.63, 3.8) is 0 Å². The van der Waals surface area contributed by atoms with E-state index < -0.39 is 0 Å². The van der Waals surface area contributed by atoms with E-state index in [1.807, 2.05) is 19.9 Å². The Balaban J connectivity index is 1.70. The lowest BCUT2D eigenvalue weighted by atomic mass is 10.1. The molecule has 0 radical (unpaired) electrons. The normalized spacial score (nSPS) is 10.8. The van der Waals surface area contributed by atoms with Crippen molar-refractivity contribution >= 4 is 22.9 Å². The first kappa shape index (κ1) is 16.3. The maximum Gasteiger partial charge on any atom is 0.257 e. The van der Waals surface area contributed by atoms with Crippen LogP contribution in [0, 0.1) is 12.7 Å². The predicted octanol–water partition coefficient (Wildman–Crippen LogP) is 3.99. The molecule has 0 spiro atoms. The van der Waals surface area contributed by atoms with Gasteiger partial charge >= 0.3 is 0 Å². The highest BCUT2D eigenvalue weighted by Gasteiger charge is 2.15. The topological polar surface area (TPSA) is 68.0 Å². The van der Waals surface area contributed by atoms with Crippen LogP contribution in [0.4, 0.5) is 10.1 Å². The summed E-state index contributed by atoms with van der Waals surface area (Å²) in [6.45, 7) is 3.86. The molecule has 0 saturated carbocycles. The number of rotatable bonds is 5. The minimum Gasteiger partial charge on any atom is -0.420 e. The molecular weight excluding hydrogens is 329 g/mol. The van der Waals surface area contributed by atoms with Gasteiger partial charge in [-0.3, -0.25) is 4.79 Å². The molecule has 3 aromatic rings.